The molecular weight excluding hydrogens is 162 g/mol. The lowest BCUT2D eigenvalue weighted by Gasteiger charge is -2.00. The van der Waals surface area contributed by atoms with E-state index in [4.69, 9.17) is 0 Å². The van der Waals surface area contributed by atoms with E-state index in [1.54, 1.807) is 0 Å². The Hall–Kier alpha value is -1.38. The van der Waals surface area contributed by atoms with Gasteiger partial charge in [0.15, 0.2) is 0 Å². The summed E-state index contributed by atoms with van der Waals surface area (Å²) in [6.07, 6.45) is 8.06. The Kier molecular flexibility index (Phi) is 2.00. The lowest BCUT2D eigenvalue weighted by atomic mass is 10.4. The highest BCUT2D eigenvalue weighted by Crippen LogP contribution is 2.02. The van der Waals surface area contributed by atoms with Crippen LogP contribution in [0.15, 0.2) is 29.3 Å². The molecule has 0 saturated heterocycles. The maximum atomic E-state index is 4.55. The minimum atomic E-state index is 1.04. The molecule has 0 aromatic rings. The van der Waals surface area contributed by atoms with E-state index < -0.39 is 0 Å². The second kappa shape index (κ2) is 3.17. The van der Waals surface area contributed by atoms with Crippen LogP contribution in [-0.4, -0.2) is 48.3 Å². The summed E-state index contributed by atoms with van der Waals surface area (Å²) in [5.74, 6) is 1.06. The molecule has 0 fully saturated rings. The Labute approximate surface area is 78.4 Å². The molecule has 68 valence electrons. The normalized spacial score (nSPS) is 20.8. The summed E-state index contributed by atoms with van der Waals surface area (Å²) in [4.78, 5) is 6.72. The van der Waals surface area contributed by atoms with E-state index in [0.29, 0.717) is 0 Å². The topological polar surface area (TPSA) is 18.6 Å². The van der Waals surface area contributed by atoms with E-state index >= 15 is 0 Å². The number of nitrogens with zero attached hydrogens (tertiary/aromatic N) is 3. The van der Waals surface area contributed by atoms with Crippen LogP contribution in [0, 0.1) is 0 Å². The van der Waals surface area contributed by atoms with E-state index in [2.05, 4.69) is 28.6 Å². The Morgan fingerprint density at radius 2 is 2.08 bits per heavy atom. The summed E-state index contributed by atoms with van der Waals surface area (Å²) in [7, 11) is 4.15. The second-order valence-corrected chi connectivity index (χ2v) is 3.40. The molecule has 0 atom stereocenters. The van der Waals surface area contributed by atoms with Crippen molar-refractivity contribution in [3.8, 4) is 0 Å². The van der Waals surface area contributed by atoms with Gasteiger partial charge in [-0.05, 0) is 12.2 Å². The SMILES string of the molecule is CN1CC[N+](C)=C1N=C1C=CC=C1. The van der Waals surface area contributed by atoms with Crippen molar-refractivity contribution in [3.05, 3.63) is 24.3 Å². The molecular formula is C10H14N3+. The number of likely N-dealkylation sites (N-methyl/N-ethyl adjacent to an activating group) is 2. The van der Waals surface area contributed by atoms with Gasteiger partial charge < -0.3 is 0 Å². The quantitative estimate of drug-likeness (QED) is 0.492. The molecule has 0 saturated carbocycles. The highest BCUT2D eigenvalue weighted by molar-refractivity contribution is 6.11. The Balaban J connectivity index is 2.26. The van der Waals surface area contributed by atoms with Crippen LogP contribution in [0.2, 0.25) is 0 Å². The molecule has 0 bridgehead atoms. The number of hydrogen-bond donors (Lipinski definition) is 0. The predicted octanol–water partition coefficient (Wildman–Crippen LogP) is 0.497. The third kappa shape index (κ3) is 1.54. The molecule has 1 aliphatic carbocycles. The summed E-state index contributed by atoms with van der Waals surface area (Å²) >= 11 is 0. The first-order chi connectivity index (χ1) is 6.27. The van der Waals surface area contributed by atoms with Gasteiger partial charge >= 0.3 is 5.96 Å². The summed E-state index contributed by atoms with van der Waals surface area (Å²) in [5.41, 5.74) is 1.04. The van der Waals surface area contributed by atoms with Crippen molar-refractivity contribution in [1.29, 1.82) is 0 Å². The zero-order chi connectivity index (χ0) is 9.26. The van der Waals surface area contributed by atoms with E-state index in [1.807, 2.05) is 24.3 Å². The van der Waals surface area contributed by atoms with Crippen molar-refractivity contribution >= 4 is 11.7 Å². The molecule has 0 N–H and O–H groups in total. The van der Waals surface area contributed by atoms with Gasteiger partial charge in [0.25, 0.3) is 0 Å². The lowest BCUT2D eigenvalue weighted by Crippen LogP contribution is -2.23. The Bertz CT molecular complexity index is 320. The maximum absolute atomic E-state index is 4.55. The van der Waals surface area contributed by atoms with Crippen molar-refractivity contribution in [3.63, 3.8) is 0 Å². The van der Waals surface area contributed by atoms with E-state index in [9.17, 15) is 0 Å². The molecule has 0 spiro atoms. The van der Waals surface area contributed by atoms with Crippen LogP contribution in [0.4, 0.5) is 0 Å². The van der Waals surface area contributed by atoms with Gasteiger partial charge in [-0.25, -0.2) is 0 Å². The smallest absolute Gasteiger partial charge is 0.261 e. The minimum Gasteiger partial charge on any atom is -0.261 e. The maximum Gasteiger partial charge on any atom is 0.389 e. The lowest BCUT2D eigenvalue weighted by molar-refractivity contribution is -0.487. The van der Waals surface area contributed by atoms with E-state index in [1.165, 1.54) is 0 Å². The minimum absolute atomic E-state index is 1.04. The standard InChI is InChI=1S/C10H14N3/c1-12-7-8-13(2)10(12)11-9-5-3-4-6-9/h3-6H,7-8H2,1-2H3/q+1. The van der Waals surface area contributed by atoms with Crippen LogP contribution in [0.3, 0.4) is 0 Å². The number of rotatable bonds is 0. The highest BCUT2D eigenvalue weighted by Gasteiger charge is 2.24. The molecule has 0 aromatic carbocycles. The molecule has 3 heteroatoms. The van der Waals surface area contributed by atoms with E-state index in [-0.39, 0.29) is 0 Å². The summed E-state index contributed by atoms with van der Waals surface area (Å²) in [6, 6.07) is 0. The molecule has 3 nitrogen and oxygen atoms in total. The predicted molar refractivity (Wildman–Crippen MR) is 54.4 cm³/mol. The fourth-order valence-electron chi connectivity index (χ4n) is 1.52. The fraction of sp³-hybridized carbons (Fsp3) is 0.400. The summed E-state index contributed by atoms with van der Waals surface area (Å²) in [5, 5.41) is 0. The first-order valence-corrected chi connectivity index (χ1v) is 4.50. The molecule has 2 rings (SSSR count). The van der Waals surface area contributed by atoms with Crippen LogP contribution < -0.4 is 0 Å². The van der Waals surface area contributed by atoms with Gasteiger partial charge in [-0.3, -0.25) is 9.48 Å². The molecule has 13 heavy (non-hydrogen) atoms. The second-order valence-electron chi connectivity index (χ2n) is 3.40. The molecule has 0 aromatic heterocycles. The monoisotopic (exact) mass is 176 g/mol. The molecule has 0 unspecified atom stereocenters. The highest BCUT2D eigenvalue weighted by atomic mass is 15.3. The first-order valence-electron chi connectivity index (χ1n) is 4.50. The van der Waals surface area contributed by atoms with Crippen molar-refractivity contribution in [2.45, 2.75) is 0 Å². The number of hydrogen-bond acceptors (Lipinski definition) is 2. The number of aliphatic imine (C=N–C) groups is 1. The molecule has 0 amide bonds. The number of guanidine groups is 1. The van der Waals surface area contributed by atoms with Crippen LogP contribution in [0.1, 0.15) is 0 Å². The van der Waals surface area contributed by atoms with Gasteiger partial charge in [0, 0.05) is 0 Å². The molecule has 1 heterocycles. The molecule has 0 radical (unpaired) electrons. The average Bonchev–Trinajstić information content (AvgIpc) is 2.70. The summed E-state index contributed by atoms with van der Waals surface area (Å²) in [6.45, 7) is 2.13. The molecule has 2 aliphatic rings. The van der Waals surface area contributed by atoms with Crippen LogP contribution >= 0.6 is 0 Å². The van der Waals surface area contributed by atoms with Gasteiger partial charge in [-0.2, -0.15) is 0 Å². The van der Waals surface area contributed by atoms with Gasteiger partial charge in [0.05, 0.1) is 27.2 Å². The van der Waals surface area contributed by atoms with Crippen LogP contribution in [0.5, 0.6) is 0 Å². The third-order valence-electron chi connectivity index (χ3n) is 2.33. The van der Waals surface area contributed by atoms with Gasteiger partial charge in [0.1, 0.15) is 5.71 Å². The third-order valence-corrected chi connectivity index (χ3v) is 2.33. The zero-order valence-electron chi connectivity index (χ0n) is 8.07. The van der Waals surface area contributed by atoms with Crippen molar-refractivity contribution in [2.24, 2.45) is 4.99 Å². The largest absolute Gasteiger partial charge is 0.389 e. The zero-order valence-corrected chi connectivity index (χ0v) is 8.07. The molecule has 1 aliphatic heterocycles. The Morgan fingerprint density at radius 1 is 1.38 bits per heavy atom. The summed E-state index contributed by atoms with van der Waals surface area (Å²) < 4.78 is 2.17. The van der Waals surface area contributed by atoms with Gasteiger partial charge in [-0.1, -0.05) is 17.1 Å². The first kappa shape index (κ1) is 8.23. The van der Waals surface area contributed by atoms with Crippen molar-refractivity contribution < 1.29 is 4.58 Å². The Morgan fingerprint density at radius 3 is 2.62 bits per heavy atom. The van der Waals surface area contributed by atoms with Crippen LogP contribution in [0.25, 0.3) is 0 Å². The average molecular weight is 176 g/mol. The van der Waals surface area contributed by atoms with Gasteiger partial charge in [-0.15, -0.1) is 0 Å². The van der Waals surface area contributed by atoms with Crippen molar-refractivity contribution in [2.75, 3.05) is 27.2 Å². The fourth-order valence-corrected chi connectivity index (χ4v) is 1.52. The van der Waals surface area contributed by atoms with E-state index in [0.717, 1.165) is 24.8 Å². The van der Waals surface area contributed by atoms with Gasteiger partial charge in [0.2, 0.25) is 0 Å². The number of allylic oxidation sites excluding steroid dienone is 4. The van der Waals surface area contributed by atoms with Crippen LogP contribution in [-0.2, 0) is 0 Å². The van der Waals surface area contributed by atoms with Crippen molar-refractivity contribution in [1.82, 2.24) is 4.90 Å².